The molecule has 0 bridgehead atoms. The van der Waals surface area contributed by atoms with Crippen molar-refractivity contribution in [2.45, 2.75) is 172 Å². The fourth-order valence-corrected chi connectivity index (χ4v) is 70.7. The van der Waals surface area contributed by atoms with Gasteiger partial charge >= 0.3 is 7.66 Å². The van der Waals surface area contributed by atoms with Gasteiger partial charge in [-0.1, -0.05) is 178 Å². The number of allylic oxidation sites excluding steroid dienone is 2. The number of halogens is 1. The van der Waals surface area contributed by atoms with Crippen LogP contribution in [-0.4, -0.2) is 64.2 Å². The first-order valence-electron chi connectivity index (χ1n) is 17.7. The lowest BCUT2D eigenvalue weighted by atomic mass is 10.1. The Morgan fingerprint density at radius 2 is 0.933 bits per heavy atom. The summed E-state index contributed by atoms with van der Waals surface area (Å²) in [6.45, 7) is 60.8. The van der Waals surface area contributed by atoms with Gasteiger partial charge in [0.25, 0.3) is 0 Å². The fourth-order valence-electron chi connectivity index (χ4n) is 11.2. The molecule has 1 radical (unpaired) electrons. The Morgan fingerprint density at radius 3 is 1.13 bits per heavy atom. The van der Waals surface area contributed by atoms with Crippen LogP contribution in [0, 0.1) is 0 Å². The SMILES string of the molecule is C/C=C(\CC)O[Si](Br)c1c(C([Si](C)(C)C)[Si](C)(C)C)cc(C([Si](C)(C)C)([Si](C)(C)C)[Si](C)(C)C)cc1C([Si](C)(C)C)[Si](C)(C)C. The highest BCUT2D eigenvalue weighted by Gasteiger charge is 2.61. The van der Waals surface area contributed by atoms with Gasteiger partial charge in [0.1, 0.15) is 0 Å². The Balaban J connectivity index is 5.01. The van der Waals surface area contributed by atoms with Crippen molar-refractivity contribution < 1.29 is 4.43 Å². The summed E-state index contributed by atoms with van der Waals surface area (Å²) in [6.07, 6.45) is 3.15. The van der Waals surface area contributed by atoms with Gasteiger partial charge in [0.15, 0.2) is 0 Å². The summed E-state index contributed by atoms with van der Waals surface area (Å²) in [5.41, 5.74) is 5.21. The van der Waals surface area contributed by atoms with Crippen molar-refractivity contribution in [2.24, 2.45) is 0 Å². The third-order valence-corrected chi connectivity index (χ3v) is 52.9. The van der Waals surface area contributed by atoms with Crippen LogP contribution in [0.5, 0.6) is 0 Å². The lowest BCUT2D eigenvalue weighted by Crippen LogP contribution is -2.74. The van der Waals surface area contributed by atoms with E-state index in [2.05, 4.69) is 185 Å². The second-order valence-corrected chi connectivity index (χ2v) is 64.4. The Labute approximate surface area is 300 Å². The minimum Gasteiger partial charge on any atom is -0.531 e. The molecule has 0 N–H and O–H groups in total. The zero-order valence-electron chi connectivity index (χ0n) is 34.4. The van der Waals surface area contributed by atoms with Crippen LogP contribution in [0.1, 0.15) is 47.3 Å². The van der Waals surface area contributed by atoms with Gasteiger partial charge in [-0.05, 0) is 43.4 Å². The molecule has 0 amide bonds. The maximum absolute atomic E-state index is 7.06. The molecule has 0 saturated carbocycles. The molecule has 1 aromatic rings. The maximum atomic E-state index is 7.06. The highest BCUT2D eigenvalue weighted by Crippen LogP contribution is 2.51. The van der Waals surface area contributed by atoms with Gasteiger partial charge in [-0.3, -0.25) is 0 Å². The van der Waals surface area contributed by atoms with E-state index in [-0.39, 0.29) is 0 Å². The third-order valence-electron chi connectivity index (χ3n) is 10.2. The van der Waals surface area contributed by atoms with Crippen molar-refractivity contribution in [1.29, 1.82) is 0 Å². The summed E-state index contributed by atoms with van der Waals surface area (Å²) in [4.78, 5) is 0. The largest absolute Gasteiger partial charge is 0.531 e. The van der Waals surface area contributed by atoms with E-state index in [4.69, 9.17) is 4.43 Å². The van der Waals surface area contributed by atoms with Crippen LogP contribution in [0.25, 0.3) is 0 Å². The topological polar surface area (TPSA) is 9.23 Å². The minimum atomic E-state index is -1.70. The molecule has 0 aromatic heterocycles. The van der Waals surface area contributed by atoms with Crippen LogP contribution in [0.15, 0.2) is 24.0 Å². The molecule has 0 spiro atoms. The Kier molecular flexibility index (Phi) is 14.0. The average Bonchev–Trinajstić information content (AvgIpc) is 2.70. The molecule has 1 aromatic carbocycles. The zero-order valence-corrected chi connectivity index (χ0v) is 44.0. The van der Waals surface area contributed by atoms with E-state index in [1.54, 1.807) is 21.9 Å². The van der Waals surface area contributed by atoms with E-state index in [0.717, 1.165) is 12.2 Å². The molecular formula is C35H76BrOSi8. The van der Waals surface area contributed by atoms with Gasteiger partial charge in [0, 0.05) is 62.9 Å². The third kappa shape index (κ3) is 9.41. The summed E-state index contributed by atoms with van der Waals surface area (Å²) < 4.78 is 7.41. The second-order valence-electron chi connectivity index (χ2n) is 21.3. The highest BCUT2D eigenvalue weighted by atomic mass is 79.9. The molecule has 0 fully saturated rings. The highest BCUT2D eigenvalue weighted by molar-refractivity contribution is 9.24. The molecule has 1 rings (SSSR count). The van der Waals surface area contributed by atoms with E-state index in [9.17, 15) is 0 Å². The molecule has 0 unspecified atom stereocenters. The summed E-state index contributed by atoms with van der Waals surface area (Å²) in [5, 5.41) is 2.96. The van der Waals surface area contributed by atoms with E-state index < -0.39 is 64.2 Å². The fraction of sp³-hybridized carbons (Fsp3) is 0.771. The quantitative estimate of drug-likeness (QED) is 0.103. The number of benzene rings is 1. The molecule has 0 aliphatic rings. The minimum absolute atomic E-state index is 0.347. The first kappa shape index (κ1) is 44.0. The normalized spacial score (nSPS) is 15.5. The van der Waals surface area contributed by atoms with E-state index in [1.165, 1.54) is 0 Å². The van der Waals surface area contributed by atoms with Crippen molar-refractivity contribution in [1.82, 2.24) is 0 Å². The van der Waals surface area contributed by atoms with Crippen molar-refractivity contribution in [2.75, 3.05) is 0 Å². The summed E-state index contributed by atoms with van der Waals surface area (Å²) >= 11 is 4.39. The second kappa shape index (κ2) is 14.3. The van der Waals surface area contributed by atoms with Crippen molar-refractivity contribution >= 4 is 84.7 Å². The molecule has 0 aliphatic heterocycles. The molecule has 0 heterocycles. The van der Waals surface area contributed by atoms with Gasteiger partial charge in [-0.25, -0.2) is 0 Å². The molecule has 1 nitrogen and oxygen atoms in total. The summed E-state index contributed by atoms with van der Waals surface area (Å²) in [6, 6.07) is 5.77. The number of rotatable bonds is 14. The molecule has 261 valence electrons. The predicted molar refractivity (Wildman–Crippen MR) is 236 cm³/mol. The lowest BCUT2D eigenvalue weighted by molar-refractivity contribution is 0.436. The maximum Gasteiger partial charge on any atom is 0.399 e. The molecule has 10 heteroatoms. The van der Waals surface area contributed by atoms with Gasteiger partial charge in [-0.15, -0.1) is 0 Å². The molecule has 45 heavy (non-hydrogen) atoms. The molecule has 0 aliphatic carbocycles. The average molecular weight is 818 g/mol. The predicted octanol–water partition coefficient (Wildman–Crippen LogP) is 12.7. The van der Waals surface area contributed by atoms with Crippen LogP contribution in [-0.2, 0) is 8.71 Å². The van der Waals surface area contributed by atoms with Gasteiger partial charge in [0.2, 0.25) is 0 Å². The van der Waals surface area contributed by atoms with Crippen LogP contribution < -0.4 is 5.19 Å². The summed E-state index contributed by atoms with van der Waals surface area (Å²) in [7, 11) is -13.1. The van der Waals surface area contributed by atoms with Crippen molar-refractivity contribution in [3.05, 3.63) is 40.7 Å². The Hall–Kier alpha value is 0.975. The Bertz CT molecular complexity index is 1080. The van der Waals surface area contributed by atoms with Crippen LogP contribution in [0.3, 0.4) is 0 Å². The monoisotopic (exact) mass is 815 g/mol. The van der Waals surface area contributed by atoms with Crippen LogP contribution in [0.2, 0.25) is 137 Å². The first-order chi connectivity index (χ1) is 19.6. The number of hydrogen-bond donors (Lipinski definition) is 0. The van der Waals surface area contributed by atoms with Gasteiger partial charge in [0.05, 0.1) is 5.76 Å². The standard InChI is InChI=1S/C35H76BrOSi8/c1-24-29(25-2)37-38(36)32-30(33(39(3,4)5)40(6,7)8)26-28(27-31(32)34(41(9,10)11)42(12,13)14)35(43(15,16)17,44(18,19)20)45(21,22)23/h24,26-27,33-34H,25H2,1-23H3/b29-24+. The van der Waals surface area contributed by atoms with Crippen molar-refractivity contribution in [3.8, 4) is 0 Å². The zero-order chi connectivity index (χ0) is 36.2. The first-order valence-corrected chi connectivity index (χ1v) is 46.1. The lowest BCUT2D eigenvalue weighted by Gasteiger charge is -2.60. The van der Waals surface area contributed by atoms with Crippen molar-refractivity contribution in [3.63, 3.8) is 0 Å². The number of hydrogen-bond acceptors (Lipinski definition) is 1. The smallest absolute Gasteiger partial charge is 0.399 e. The molecule has 0 atom stereocenters. The molecular weight excluding hydrogens is 741 g/mol. The van der Waals surface area contributed by atoms with Crippen LogP contribution >= 0.6 is 15.3 Å². The molecule has 0 saturated heterocycles. The van der Waals surface area contributed by atoms with Crippen LogP contribution in [0.4, 0.5) is 0 Å². The van der Waals surface area contributed by atoms with Gasteiger partial charge < -0.3 is 4.43 Å². The van der Waals surface area contributed by atoms with E-state index in [0.29, 0.717) is 14.6 Å². The van der Waals surface area contributed by atoms with E-state index in [1.807, 2.05) is 0 Å². The Morgan fingerprint density at radius 1 is 0.644 bits per heavy atom. The van der Waals surface area contributed by atoms with E-state index >= 15 is 0 Å². The summed E-state index contributed by atoms with van der Waals surface area (Å²) in [5.74, 6) is 1.14. The van der Waals surface area contributed by atoms with Gasteiger partial charge in [-0.2, -0.15) is 0 Å².